The summed E-state index contributed by atoms with van der Waals surface area (Å²) in [5, 5.41) is 0. The molecule has 1 amide bonds. The predicted octanol–water partition coefficient (Wildman–Crippen LogP) is 5.63. The van der Waals surface area contributed by atoms with Gasteiger partial charge in [0.2, 0.25) is 0 Å². The van der Waals surface area contributed by atoms with Gasteiger partial charge in [0.25, 0.3) is 5.91 Å². The molecular weight excluding hydrogens is 438 g/mol. The van der Waals surface area contributed by atoms with E-state index in [2.05, 4.69) is 37.8 Å². The van der Waals surface area contributed by atoms with Gasteiger partial charge >= 0.3 is 0 Å². The van der Waals surface area contributed by atoms with E-state index in [9.17, 15) is 4.79 Å². The number of amidine groups is 1. The van der Waals surface area contributed by atoms with Crippen LogP contribution in [0.5, 0.6) is 17.2 Å². The number of amides is 1. The van der Waals surface area contributed by atoms with Crippen LogP contribution in [0.3, 0.4) is 0 Å². The summed E-state index contributed by atoms with van der Waals surface area (Å²) in [7, 11) is 1.64. The molecule has 1 saturated heterocycles. The van der Waals surface area contributed by atoms with E-state index in [0.29, 0.717) is 43.4 Å². The van der Waals surface area contributed by atoms with Gasteiger partial charge in [-0.2, -0.15) is 0 Å². The average Bonchev–Trinajstić information content (AvgIpc) is 3.05. The van der Waals surface area contributed by atoms with Gasteiger partial charge in [0.05, 0.1) is 12.7 Å². The Balaban J connectivity index is 1.38. The van der Waals surface area contributed by atoms with Gasteiger partial charge in [-0.1, -0.05) is 51.1 Å². The lowest BCUT2D eigenvalue weighted by Gasteiger charge is -2.36. The fourth-order valence-corrected chi connectivity index (χ4v) is 4.54. The van der Waals surface area contributed by atoms with Crippen LogP contribution >= 0.6 is 0 Å². The third-order valence-electron chi connectivity index (χ3n) is 6.61. The molecule has 35 heavy (non-hydrogen) atoms. The first-order valence-corrected chi connectivity index (χ1v) is 12.0. The van der Waals surface area contributed by atoms with Crippen LogP contribution < -0.4 is 9.47 Å². The van der Waals surface area contributed by atoms with E-state index >= 15 is 0 Å². The van der Waals surface area contributed by atoms with Crippen molar-refractivity contribution in [2.24, 2.45) is 4.99 Å². The lowest BCUT2D eigenvalue weighted by molar-refractivity contribution is 0.0692. The SMILES string of the molecule is COc1cccc2c1Oc1ccccc1N=C2N1CCN(C(=O)c2ccc(C(C)(C)C)cc2)CC1. The molecule has 0 N–H and O–H groups in total. The van der Waals surface area contributed by atoms with E-state index in [-0.39, 0.29) is 11.3 Å². The number of benzene rings is 3. The molecule has 2 heterocycles. The summed E-state index contributed by atoms with van der Waals surface area (Å²) in [6.45, 7) is 9.15. The number of carbonyl (C=O) groups is 1. The number of carbonyl (C=O) groups excluding carboxylic acids is 1. The highest BCUT2D eigenvalue weighted by molar-refractivity contribution is 6.04. The molecule has 2 aliphatic heterocycles. The monoisotopic (exact) mass is 469 g/mol. The van der Waals surface area contributed by atoms with Crippen molar-refractivity contribution < 1.29 is 14.3 Å². The number of piperazine rings is 1. The Bertz CT molecular complexity index is 1270. The first kappa shape index (κ1) is 23.0. The number of fused-ring (bicyclic) bond motifs is 2. The highest BCUT2D eigenvalue weighted by Gasteiger charge is 2.29. The van der Waals surface area contributed by atoms with Crippen LogP contribution in [-0.2, 0) is 5.41 Å². The van der Waals surface area contributed by atoms with Gasteiger partial charge in [0.1, 0.15) is 11.5 Å². The van der Waals surface area contributed by atoms with E-state index in [1.807, 2.05) is 59.5 Å². The van der Waals surface area contributed by atoms with Gasteiger partial charge in [-0.15, -0.1) is 0 Å². The Hall–Kier alpha value is -3.80. The number of para-hydroxylation sites is 3. The largest absolute Gasteiger partial charge is 0.493 e. The van der Waals surface area contributed by atoms with Crippen LogP contribution in [-0.4, -0.2) is 54.8 Å². The van der Waals surface area contributed by atoms with Gasteiger partial charge < -0.3 is 19.3 Å². The normalized spacial score (nSPS) is 15.4. The Morgan fingerprint density at radius 3 is 2.31 bits per heavy atom. The number of hydrogen-bond donors (Lipinski definition) is 0. The predicted molar refractivity (Wildman–Crippen MR) is 138 cm³/mol. The molecular formula is C29H31N3O3. The van der Waals surface area contributed by atoms with E-state index in [0.717, 1.165) is 22.6 Å². The number of ether oxygens (including phenoxy) is 2. The molecule has 6 heteroatoms. The minimum Gasteiger partial charge on any atom is -0.493 e. The molecule has 0 aromatic heterocycles. The molecule has 0 radical (unpaired) electrons. The molecule has 180 valence electrons. The number of rotatable bonds is 2. The Kier molecular flexibility index (Phi) is 5.97. The van der Waals surface area contributed by atoms with Gasteiger partial charge in [0, 0.05) is 31.7 Å². The maximum Gasteiger partial charge on any atom is 0.253 e. The number of aliphatic imine (C=N–C) groups is 1. The van der Waals surface area contributed by atoms with Crippen LogP contribution in [0.25, 0.3) is 0 Å². The number of nitrogens with zero attached hydrogens (tertiary/aromatic N) is 3. The summed E-state index contributed by atoms with van der Waals surface area (Å²) in [5.74, 6) is 2.94. The molecule has 0 saturated carbocycles. The lowest BCUT2D eigenvalue weighted by Crippen LogP contribution is -2.50. The summed E-state index contributed by atoms with van der Waals surface area (Å²) >= 11 is 0. The maximum absolute atomic E-state index is 13.2. The minimum absolute atomic E-state index is 0.0634. The van der Waals surface area contributed by atoms with Crippen molar-refractivity contribution in [3.8, 4) is 17.2 Å². The molecule has 0 aliphatic carbocycles. The zero-order valence-electron chi connectivity index (χ0n) is 20.7. The lowest BCUT2D eigenvalue weighted by atomic mass is 9.86. The molecule has 0 unspecified atom stereocenters. The zero-order chi connectivity index (χ0) is 24.6. The molecule has 6 nitrogen and oxygen atoms in total. The Labute approximate surface area is 206 Å². The van der Waals surface area contributed by atoms with Crippen LogP contribution in [0.15, 0.2) is 71.7 Å². The summed E-state index contributed by atoms with van der Waals surface area (Å²) < 4.78 is 11.9. The van der Waals surface area contributed by atoms with E-state index in [1.54, 1.807) is 7.11 Å². The molecule has 2 aliphatic rings. The van der Waals surface area contributed by atoms with E-state index < -0.39 is 0 Å². The highest BCUT2D eigenvalue weighted by Crippen LogP contribution is 2.42. The summed E-state index contributed by atoms with van der Waals surface area (Å²) in [6.07, 6.45) is 0. The van der Waals surface area contributed by atoms with Crippen LogP contribution in [0.1, 0.15) is 42.3 Å². The van der Waals surface area contributed by atoms with Crippen LogP contribution in [0, 0.1) is 0 Å². The van der Waals surface area contributed by atoms with Crippen molar-refractivity contribution in [3.63, 3.8) is 0 Å². The summed E-state index contributed by atoms with van der Waals surface area (Å²) in [4.78, 5) is 22.3. The number of hydrogen-bond acceptors (Lipinski definition) is 5. The fourth-order valence-electron chi connectivity index (χ4n) is 4.54. The van der Waals surface area contributed by atoms with Crippen molar-refractivity contribution in [2.75, 3.05) is 33.3 Å². The molecule has 0 bridgehead atoms. The number of methoxy groups -OCH3 is 1. The van der Waals surface area contributed by atoms with E-state index in [4.69, 9.17) is 14.5 Å². The zero-order valence-corrected chi connectivity index (χ0v) is 20.7. The minimum atomic E-state index is 0.0634. The molecule has 1 fully saturated rings. The maximum atomic E-state index is 13.2. The first-order valence-electron chi connectivity index (χ1n) is 12.0. The smallest absolute Gasteiger partial charge is 0.253 e. The summed E-state index contributed by atoms with van der Waals surface area (Å²) in [5.41, 5.74) is 3.68. The first-order chi connectivity index (χ1) is 16.8. The van der Waals surface area contributed by atoms with Gasteiger partial charge in [0.15, 0.2) is 17.2 Å². The fraction of sp³-hybridized carbons (Fsp3) is 0.310. The van der Waals surface area contributed by atoms with Crippen LogP contribution in [0.4, 0.5) is 5.69 Å². The highest BCUT2D eigenvalue weighted by atomic mass is 16.5. The standard InChI is InChI=1S/C29H31N3O3/c1-29(2,3)21-14-12-20(13-15-21)28(33)32-18-16-31(17-19-32)27-22-8-7-11-25(34-4)26(22)35-24-10-6-5-9-23(24)30-27/h5-15H,16-19H2,1-4H3. The van der Waals surface area contributed by atoms with Gasteiger partial charge in [-0.05, 0) is 47.4 Å². The van der Waals surface area contributed by atoms with Gasteiger partial charge in [-0.3, -0.25) is 4.79 Å². The average molecular weight is 470 g/mol. The summed E-state index contributed by atoms with van der Waals surface area (Å²) in [6, 6.07) is 21.6. The molecule has 0 spiro atoms. The Morgan fingerprint density at radius 1 is 0.914 bits per heavy atom. The third-order valence-corrected chi connectivity index (χ3v) is 6.61. The van der Waals surface area contributed by atoms with Crippen molar-refractivity contribution in [1.82, 2.24) is 9.80 Å². The molecule has 3 aromatic carbocycles. The molecule has 3 aromatic rings. The van der Waals surface area contributed by atoms with Crippen molar-refractivity contribution in [1.29, 1.82) is 0 Å². The molecule has 0 atom stereocenters. The van der Waals surface area contributed by atoms with Crippen molar-refractivity contribution in [2.45, 2.75) is 26.2 Å². The Morgan fingerprint density at radius 2 is 1.63 bits per heavy atom. The van der Waals surface area contributed by atoms with Gasteiger partial charge in [-0.25, -0.2) is 4.99 Å². The quantitative estimate of drug-likeness (QED) is 0.488. The van der Waals surface area contributed by atoms with Crippen molar-refractivity contribution >= 4 is 17.4 Å². The molecule has 5 rings (SSSR count). The second kappa shape index (κ2) is 9.10. The second-order valence-corrected chi connectivity index (χ2v) is 9.95. The topological polar surface area (TPSA) is 54.4 Å². The second-order valence-electron chi connectivity index (χ2n) is 9.95. The van der Waals surface area contributed by atoms with E-state index in [1.165, 1.54) is 5.56 Å². The third kappa shape index (κ3) is 4.48. The van der Waals surface area contributed by atoms with Crippen LogP contribution in [0.2, 0.25) is 0 Å². The van der Waals surface area contributed by atoms with Crippen molar-refractivity contribution in [3.05, 3.63) is 83.4 Å².